The van der Waals surface area contributed by atoms with Crippen LogP contribution in [0.4, 0.5) is 0 Å². The fourth-order valence-corrected chi connectivity index (χ4v) is 3.62. The van der Waals surface area contributed by atoms with Gasteiger partial charge in [0.25, 0.3) is 0 Å². The number of aliphatic imine (C=N–C) groups is 1. The van der Waals surface area contributed by atoms with Crippen LogP contribution >= 0.6 is 35.3 Å². The molecule has 0 saturated carbocycles. The fourth-order valence-electron chi connectivity index (χ4n) is 2.75. The van der Waals surface area contributed by atoms with Crippen LogP contribution in [0.3, 0.4) is 0 Å². The highest BCUT2D eigenvalue weighted by molar-refractivity contribution is 14.0. The van der Waals surface area contributed by atoms with Gasteiger partial charge in [0.15, 0.2) is 5.96 Å². The monoisotopic (exact) mass is 495 g/mol. The molecule has 1 unspecified atom stereocenters. The Balaban J connectivity index is 0.00000261. The summed E-state index contributed by atoms with van der Waals surface area (Å²) < 4.78 is 1.86. The van der Waals surface area contributed by atoms with Gasteiger partial charge in [0.05, 0.1) is 5.69 Å². The number of hydrogen-bond acceptors (Lipinski definition) is 3. The van der Waals surface area contributed by atoms with E-state index in [0.29, 0.717) is 12.5 Å². The molecule has 0 aliphatic heterocycles. The van der Waals surface area contributed by atoms with E-state index in [1.165, 1.54) is 10.4 Å². The van der Waals surface area contributed by atoms with Gasteiger partial charge in [-0.3, -0.25) is 4.99 Å². The third-order valence-corrected chi connectivity index (χ3v) is 5.01. The molecule has 0 fully saturated rings. The van der Waals surface area contributed by atoms with E-state index in [1.807, 2.05) is 34.3 Å². The molecule has 0 aliphatic rings. The number of nitrogens with zero attached hydrogens (tertiary/aromatic N) is 3. The zero-order chi connectivity index (χ0) is 18.2. The number of hydrogen-bond donors (Lipinski definition) is 2. The van der Waals surface area contributed by atoms with Gasteiger partial charge in [0.2, 0.25) is 0 Å². The van der Waals surface area contributed by atoms with Crippen molar-refractivity contribution >= 4 is 41.3 Å². The zero-order valence-corrected chi connectivity index (χ0v) is 18.8. The first kappa shape index (κ1) is 21.4. The third-order valence-electron chi connectivity index (χ3n) is 4.11. The quantitative estimate of drug-likeness (QED) is 0.295. The van der Waals surface area contributed by atoms with Gasteiger partial charge >= 0.3 is 0 Å². The molecule has 0 spiro atoms. The number of aromatic nitrogens is 2. The van der Waals surface area contributed by atoms with E-state index in [9.17, 15) is 0 Å². The molecule has 0 aliphatic carbocycles. The van der Waals surface area contributed by atoms with E-state index < -0.39 is 0 Å². The first-order chi connectivity index (χ1) is 12.7. The van der Waals surface area contributed by atoms with Crippen LogP contribution < -0.4 is 10.6 Å². The third kappa shape index (κ3) is 6.66. The van der Waals surface area contributed by atoms with E-state index >= 15 is 0 Å². The molecule has 0 amide bonds. The van der Waals surface area contributed by atoms with Crippen molar-refractivity contribution in [1.82, 2.24) is 20.4 Å². The lowest BCUT2D eigenvalue weighted by atomic mass is 10.1. The minimum absolute atomic E-state index is 0. The zero-order valence-electron chi connectivity index (χ0n) is 15.6. The standard InChI is InChI=1S/C20H25N5S.HI/c1-16(12-19-8-4-11-26-19)14-22-20(21-2)23-15-17-6-3-7-18(13-17)25-10-5-9-24-25;/h3-11,13,16H,12,14-15H2,1-2H3,(H2,21,22,23);1H. The molecule has 1 aromatic carbocycles. The Labute approximate surface area is 181 Å². The van der Waals surface area contributed by atoms with Crippen molar-refractivity contribution in [2.75, 3.05) is 13.6 Å². The highest BCUT2D eigenvalue weighted by Crippen LogP contribution is 2.14. The van der Waals surface area contributed by atoms with Crippen molar-refractivity contribution < 1.29 is 0 Å². The minimum Gasteiger partial charge on any atom is -0.356 e. The molecular weight excluding hydrogens is 469 g/mol. The molecule has 0 bridgehead atoms. The van der Waals surface area contributed by atoms with E-state index in [0.717, 1.165) is 24.6 Å². The van der Waals surface area contributed by atoms with E-state index in [2.05, 4.69) is 63.4 Å². The first-order valence-electron chi connectivity index (χ1n) is 8.80. The number of guanidine groups is 1. The molecule has 7 heteroatoms. The van der Waals surface area contributed by atoms with Crippen LogP contribution in [-0.4, -0.2) is 29.3 Å². The van der Waals surface area contributed by atoms with Gasteiger partial charge in [-0.05, 0) is 47.5 Å². The molecule has 27 heavy (non-hydrogen) atoms. The molecule has 0 saturated heterocycles. The molecule has 3 rings (SSSR count). The van der Waals surface area contributed by atoms with Crippen LogP contribution in [0, 0.1) is 5.92 Å². The van der Waals surface area contributed by atoms with Gasteiger partial charge in [-0.1, -0.05) is 25.1 Å². The minimum atomic E-state index is 0. The highest BCUT2D eigenvalue weighted by atomic mass is 127. The first-order valence-corrected chi connectivity index (χ1v) is 9.68. The molecular formula is C20H26IN5S. The molecule has 2 heterocycles. The topological polar surface area (TPSA) is 54.2 Å². The van der Waals surface area contributed by atoms with Crippen molar-refractivity contribution in [3.05, 3.63) is 70.7 Å². The molecule has 144 valence electrons. The molecule has 5 nitrogen and oxygen atoms in total. The van der Waals surface area contributed by atoms with Crippen LogP contribution in [0.25, 0.3) is 5.69 Å². The summed E-state index contributed by atoms with van der Waals surface area (Å²) in [5, 5.41) is 13.2. The predicted octanol–water partition coefficient (Wildman–Crippen LogP) is 4.10. The lowest BCUT2D eigenvalue weighted by Gasteiger charge is -2.16. The Morgan fingerprint density at radius 1 is 1.22 bits per heavy atom. The van der Waals surface area contributed by atoms with E-state index in [1.54, 1.807) is 13.2 Å². The maximum atomic E-state index is 4.32. The number of thiophene rings is 1. The number of benzene rings is 1. The summed E-state index contributed by atoms with van der Waals surface area (Å²) in [7, 11) is 1.80. The lowest BCUT2D eigenvalue weighted by Crippen LogP contribution is -2.39. The molecule has 0 radical (unpaired) electrons. The second-order valence-corrected chi connectivity index (χ2v) is 7.35. The largest absolute Gasteiger partial charge is 0.356 e. The Kier molecular flexibility index (Phi) is 8.80. The van der Waals surface area contributed by atoms with Gasteiger partial charge in [0, 0.05) is 37.4 Å². The van der Waals surface area contributed by atoms with Gasteiger partial charge in [0.1, 0.15) is 0 Å². The summed E-state index contributed by atoms with van der Waals surface area (Å²) in [6.45, 7) is 3.87. The van der Waals surface area contributed by atoms with Crippen LogP contribution in [0.1, 0.15) is 17.4 Å². The van der Waals surface area contributed by atoms with Crippen LogP contribution in [0.15, 0.2) is 65.2 Å². The summed E-state index contributed by atoms with van der Waals surface area (Å²) in [5.74, 6) is 1.38. The second-order valence-electron chi connectivity index (χ2n) is 6.32. The molecule has 3 aromatic rings. The molecule has 1 atom stereocenters. The van der Waals surface area contributed by atoms with Crippen molar-refractivity contribution in [2.45, 2.75) is 19.9 Å². The Morgan fingerprint density at radius 2 is 2.11 bits per heavy atom. The Morgan fingerprint density at radius 3 is 2.81 bits per heavy atom. The van der Waals surface area contributed by atoms with Gasteiger partial charge in [-0.25, -0.2) is 4.68 Å². The van der Waals surface area contributed by atoms with E-state index in [4.69, 9.17) is 0 Å². The summed E-state index contributed by atoms with van der Waals surface area (Å²) in [4.78, 5) is 5.75. The maximum Gasteiger partial charge on any atom is 0.191 e. The summed E-state index contributed by atoms with van der Waals surface area (Å²) in [6, 6.07) is 14.6. The van der Waals surface area contributed by atoms with Crippen LogP contribution in [0.2, 0.25) is 0 Å². The van der Waals surface area contributed by atoms with E-state index in [-0.39, 0.29) is 24.0 Å². The second kappa shape index (κ2) is 11.1. The Bertz CT molecular complexity index is 815. The summed E-state index contributed by atoms with van der Waals surface area (Å²) >= 11 is 1.82. The fraction of sp³-hybridized carbons (Fsp3) is 0.300. The normalized spacial score (nSPS) is 12.3. The highest BCUT2D eigenvalue weighted by Gasteiger charge is 2.06. The van der Waals surface area contributed by atoms with Crippen molar-refractivity contribution in [2.24, 2.45) is 10.9 Å². The molecule has 2 N–H and O–H groups in total. The number of rotatable bonds is 7. The maximum absolute atomic E-state index is 4.32. The SMILES string of the molecule is CN=C(NCc1cccc(-n2cccn2)c1)NCC(C)Cc1cccs1.I. The summed E-state index contributed by atoms with van der Waals surface area (Å²) in [5.41, 5.74) is 2.24. The van der Waals surface area contributed by atoms with Crippen molar-refractivity contribution in [3.8, 4) is 5.69 Å². The average molecular weight is 495 g/mol. The number of halogens is 1. The average Bonchev–Trinajstić information content (AvgIpc) is 3.36. The van der Waals surface area contributed by atoms with Gasteiger partial charge in [-0.15, -0.1) is 35.3 Å². The molecule has 2 aromatic heterocycles. The van der Waals surface area contributed by atoms with Crippen molar-refractivity contribution in [3.63, 3.8) is 0 Å². The smallest absolute Gasteiger partial charge is 0.191 e. The number of nitrogens with one attached hydrogen (secondary N) is 2. The Hall–Kier alpha value is -1.87. The predicted molar refractivity (Wildman–Crippen MR) is 124 cm³/mol. The van der Waals surface area contributed by atoms with Crippen LogP contribution in [-0.2, 0) is 13.0 Å². The van der Waals surface area contributed by atoms with Gasteiger partial charge < -0.3 is 10.6 Å². The van der Waals surface area contributed by atoms with Gasteiger partial charge in [-0.2, -0.15) is 5.10 Å². The lowest BCUT2D eigenvalue weighted by molar-refractivity contribution is 0.562. The van der Waals surface area contributed by atoms with Crippen LogP contribution in [0.5, 0.6) is 0 Å². The van der Waals surface area contributed by atoms with Crippen molar-refractivity contribution in [1.29, 1.82) is 0 Å². The summed E-state index contributed by atoms with van der Waals surface area (Å²) in [6.07, 6.45) is 4.82.